The van der Waals surface area contributed by atoms with Crippen molar-refractivity contribution in [3.8, 4) is 5.69 Å². The quantitative estimate of drug-likeness (QED) is 0.791. The fourth-order valence-electron chi connectivity index (χ4n) is 3.50. The normalized spacial score (nSPS) is 15.1. The molecule has 138 valence electrons. The second-order valence-corrected chi connectivity index (χ2v) is 6.91. The van der Waals surface area contributed by atoms with Crippen LogP contribution in [0.25, 0.3) is 5.69 Å². The third-order valence-electron chi connectivity index (χ3n) is 4.93. The molecule has 0 atom stereocenters. The molecule has 1 aliphatic rings. The number of likely N-dealkylation sites (tertiary alicyclic amines) is 1. The smallest absolute Gasteiger partial charge is 0.305 e. The summed E-state index contributed by atoms with van der Waals surface area (Å²) in [5.74, 6) is 0.157. The average Bonchev–Trinajstić information content (AvgIpc) is 3.00. The lowest BCUT2D eigenvalue weighted by atomic mass is 9.93. The molecule has 1 aromatic carbocycles. The Hall–Kier alpha value is -2.63. The minimum atomic E-state index is -0.174. The highest BCUT2D eigenvalue weighted by molar-refractivity contribution is 5.94. The van der Waals surface area contributed by atoms with Gasteiger partial charge >= 0.3 is 5.97 Å². The third-order valence-corrected chi connectivity index (χ3v) is 4.93. The van der Waals surface area contributed by atoms with Crippen LogP contribution in [0.2, 0.25) is 0 Å². The van der Waals surface area contributed by atoms with Crippen molar-refractivity contribution < 1.29 is 14.3 Å². The van der Waals surface area contributed by atoms with Crippen LogP contribution in [0.3, 0.4) is 0 Å². The van der Waals surface area contributed by atoms with Crippen LogP contribution in [0.15, 0.2) is 30.3 Å². The number of aromatic nitrogens is 2. The van der Waals surface area contributed by atoms with Crippen LogP contribution in [0.1, 0.15) is 41.0 Å². The van der Waals surface area contributed by atoms with Crippen molar-refractivity contribution in [1.82, 2.24) is 14.7 Å². The van der Waals surface area contributed by atoms with E-state index in [2.05, 4.69) is 5.10 Å². The number of benzene rings is 1. The van der Waals surface area contributed by atoms with Crippen molar-refractivity contribution in [2.45, 2.75) is 33.1 Å². The molecule has 1 saturated heterocycles. The maximum atomic E-state index is 12.9. The van der Waals surface area contributed by atoms with Crippen LogP contribution in [0, 0.1) is 19.8 Å². The third kappa shape index (κ3) is 3.95. The predicted octanol–water partition coefficient (Wildman–Crippen LogP) is 2.90. The molecule has 1 aliphatic heterocycles. The van der Waals surface area contributed by atoms with Gasteiger partial charge in [0.1, 0.15) is 0 Å². The topological polar surface area (TPSA) is 64.4 Å². The number of carbonyl (C=O) groups excluding carboxylic acids is 2. The highest BCUT2D eigenvalue weighted by atomic mass is 16.5. The zero-order chi connectivity index (χ0) is 18.7. The first-order chi connectivity index (χ1) is 12.5. The average molecular weight is 355 g/mol. The lowest BCUT2D eigenvalue weighted by molar-refractivity contribution is -0.142. The molecule has 0 N–H and O–H groups in total. The van der Waals surface area contributed by atoms with Gasteiger partial charge in [0.05, 0.1) is 18.5 Å². The molecule has 0 radical (unpaired) electrons. The van der Waals surface area contributed by atoms with E-state index in [0.717, 1.165) is 29.9 Å². The highest BCUT2D eigenvalue weighted by Gasteiger charge is 2.25. The molecule has 26 heavy (non-hydrogen) atoms. The molecule has 1 fully saturated rings. The van der Waals surface area contributed by atoms with E-state index in [1.54, 1.807) is 0 Å². The van der Waals surface area contributed by atoms with E-state index < -0.39 is 0 Å². The number of hydrogen-bond acceptors (Lipinski definition) is 4. The molecular weight excluding hydrogens is 330 g/mol. The van der Waals surface area contributed by atoms with Crippen LogP contribution >= 0.6 is 0 Å². The SMILES string of the molecule is COC(=O)CC1CCN(C(=O)c2cccc(-n3nc(C)cc3C)c2)CC1. The van der Waals surface area contributed by atoms with Crippen LogP contribution < -0.4 is 0 Å². The van der Waals surface area contributed by atoms with E-state index in [1.807, 2.05) is 53.8 Å². The highest BCUT2D eigenvalue weighted by Crippen LogP contribution is 2.23. The molecule has 0 aliphatic carbocycles. The Morgan fingerprint density at radius 3 is 2.54 bits per heavy atom. The Balaban J connectivity index is 1.68. The van der Waals surface area contributed by atoms with Crippen molar-refractivity contribution in [1.29, 1.82) is 0 Å². The largest absolute Gasteiger partial charge is 0.469 e. The van der Waals surface area contributed by atoms with Crippen molar-refractivity contribution >= 4 is 11.9 Å². The summed E-state index contributed by atoms with van der Waals surface area (Å²) in [4.78, 5) is 26.1. The van der Waals surface area contributed by atoms with Gasteiger partial charge in [-0.3, -0.25) is 9.59 Å². The van der Waals surface area contributed by atoms with E-state index in [-0.39, 0.29) is 11.9 Å². The predicted molar refractivity (Wildman–Crippen MR) is 98.3 cm³/mol. The Morgan fingerprint density at radius 1 is 1.19 bits per heavy atom. The number of carbonyl (C=O) groups is 2. The second kappa shape index (κ2) is 7.72. The van der Waals surface area contributed by atoms with Gasteiger partial charge < -0.3 is 9.64 Å². The first kappa shape index (κ1) is 18.2. The second-order valence-electron chi connectivity index (χ2n) is 6.91. The number of esters is 1. The van der Waals surface area contributed by atoms with Crippen LogP contribution in [0.4, 0.5) is 0 Å². The summed E-state index contributed by atoms with van der Waals surface area (Å²) in [5, 5.41) is 4.49. The molecule has 2 aromatic rings. The molecule has 0 unspecified atom stereocenters. The van der Waals surface area contributed by atoms with Crippen molar-refractivity contribution in [2.75, 3.05) is 20.2 Å². The van der Waals surface area contributed by atoms with E-state index in [9.17, 15) is 9.59 Å². The lowest BCUT2D eigenvalue weighted by Crippen LogP contribution is -2.39. The van der Waals surface area contributed by atoms with E-state index in [0.29, 0.717) is 31.0 Å². The Kier molecular flexibility index (Phi) is 5.40. The van der Waals surface area contributed by atoms with E-state index >= 15 is 0 Å². The van der Waals surface area contributed by atoms with Crippen LogP contribution in [-0.2, 0) is 9.53 Å². The van der Waals surface area contributed by atoms with Crippen molar-refractivity contribution in [3.05, 3.63) is 47.3 Å². The van der Waals surface area contributed by atoms with Gasteiger partial charge in [-0.05, 0) is 56.9 Å². The first-order valence-corrected chi connectivity index (χ1v) is 8.97. The zero-order valence-corrected chi connectivity index (χ0v) is 15.6. The van der Waals surface area contributed by atoms with Crippen molar-refractivity contribution in [2.24, 2.45) is 5.92 Å². The van der Waals surface area contributed by atoms with Crippen molar-refractivity contribution in [3.63, 3.8) is 0 Å². The Labute approximate surface area is 153 Å². The van der Waals surface area contributed by atoms with Gasteiger partial charge in [0.25, 0.3) is 5.91 Å². The minimum absolute atomic E-state index is 0.0323. The summed E-state index contributed by atoms with van der Waals surface area (Å²) in [7, 11) is 1.41. The van der Waals surface area contributed by atoms with Gasteiger partial charge in [0.2, 0.25) is 0 Å². The number of amides is 1. The maximum Gasteiger partial charge on any atom is 0.305 e. The van der Waals surface area contributed by atoms with Gasteiger partial charge in [-0.25, -0.2) is 4.68 Å². The molecule has 1 amide bonds. The summed E-state index contributed by atoms with van der Waals surface area (Å²) in [6.45, 7) is 5.30. The van der Waals surface area contributed by atoms with Crippen LogP contribution in [0.5, 0.6) is 0 Å². The maximum absolute atomic E-state index is 12.9. The number of nitrogens with zero attached hydrogens (tertiary/aromatic N) is 3. The first-order valence-electron chi connectivity index (χ1n) is 8.97. The van der Waals surface area contributed by atoms with Gasteiger partial charge in [-0.2, -0.15) is 5.10 Å². The standard InChI is InChI=1S/C20H25N3O3/c1-14-11-15(2)23(21-14)18-6-4-5-17(13-18)20(25)22-9-7-16(8-10-22)12-19(24)26-3/h4-6,11,13,16H,7-10,12H2,1-3H3. The monoisotopic (exact) mass is 355 g/mol. The zero-order valence-electron chi connectivity index (χ0n) is 15.6. The molecular formula is C20H25N3O3. The molecule has 3 rings (SSSR count). The fraction of sp³-hybridized carbons (Fsp3) is 0.450. The molecule has 6 heteroatoms. The molecule has 6 nitrogen and oxygen atoms in total. The Morgan fingerprint density at radius 2 is 1.92 bits per heavy atom. The summed E-state index contributed by atoms with van der Waals surface area (Å²) in [5.41, 5.74) is 3.55. The number of hydrogen-bond donors (Lipinski definition) is 0. The number of aryl methyl sites for hydroxylation is 2. The molecule has 0 saturated carbocycles. The molecule has 1 aromatic heterocycles. The minimum Gasteiger partial charge on any atom is -0.469 e. The molecule has 2 heterocycles. The van der Waals surface area contributed by atoms with Gasteiger partial charge in [-0.15, -0.1) is 0 Å². The summed E-state index contributed by atoms with van der Waals surface area (Å²) in [6.07, 6.45) is 2.10. The molecule has 0 spiro atoms. The van der Waals surface area contributed by atoms with E-state index in [4.69, 9.17) is 4.74 Å². The Bertz CT molecular complexity index is 804. The number of rotatable bonds is 4. The number of methoxy groups -OCH3 is 1. The van der Waals surface area contributed by atoms with Crippen LogP contribution in [-0.4, -0.2) is 46.8 Å². The summed E-state index contributed by atoms with van der Waals surface area (Å²) in [6, 6.07) is 9.60. The number of piperidine rings is 1. The summed E-state index contributed by atoms with van der Waals surface area (Å²) >= 11 is 0. The fourth-order valence-corrected chi connectivity index (χ4v) is 3.50. The summed E-state index contributed by atoms with van der Waals surface area (Å²) < 4.78 is 6.59. The van der Waals surface area contributed by atoms with Gasteiger partial charge in [-0.1, -0.05) is 6.07 Å². The van der Waals surface area contributed by atoms with E-state index in [1.165, 1.54) is 7.11 Å². The van der Waals surface area contributed by atoms with Gasteiger partial charge in [0.15, 0.2) is 0 Å². The number of ether oxygens (including phenoxy) is 1. The lowest BCUT2D eigenvalue weighted by Gasteiger charge is -2.31. The molecule has 0 bridgehead atoms. The van der Waals surface area contributed by atoms with Gasteiger partial charge in [0, 0.05) is 30.8 Å².